The Hall–Kier alpha value is -1.52. The largest absolute Gasteiger partial charge is 0.481 e. The fraction of sp³-hybridized carbons (Fsp3) is 0.500. The molecule has 1 N–H and O–H groups in total. The molecule has 1 rings (SSSR count). The van der Waals surface area contributed by atoms with E-state index in [0.717, 1.165) is 12.5 Å². The van der Waals surface area contributed by atoms with Gasteiger partial charge in [0.1, 0.15) is 0 Å². The Bertz CT molecular complexity index is 435. The van der Waals surface area contributed by atoms with E-state index in [1.165, 1.54) is 12.1 Å². The zero-order valence-corrected chi connectivity index (χ0v) is 11.0. The van der Waals surface area contributed by atoms with E-state index in [4.69, 9.17) is 5.11 Å². The molecule has 5 heteroatoms. The van der Waals surface area contributed by atoms with Gasteiger partial charge in [0.05, 0.1) is 11.8 Å². The minimum Gasteiger partial charge on any atom is -0.481 e. The molecule has 2 nitrogen and oxygen atoms in total. The maximum Gasteiger partial charge on any atom is 0.392 e. The molecule has 0 radical (unpaired) electrons. The summed E-state index contributed by atoms with van der Waals surface area (Å²) in [6, 6.07) is 6.30. The lowest BCUT2D eigenvalue weighted by Crippen LogP contribution is -2.31. The maximum absolute atomic E-state index is 12.7. The van der Waals surface area contributed by atoms with Crippen molar-refractivity contribution in [2.45, 2.75) is 38.8 Å². The zero-order chi connectivity index (χ0) is 14.8. The summed E-state index contributed by atoms with van der Waals surface area (Å²) in [5.41, 5.74) is 1.15. The van der Waals surface area contributed by atoms with Gasteiger partial charge in [0, 0.05) is 0 Å². The van der Waals surface area contributed by atoms with Crippen LogP contribution in [-0.4, -0.2) is 17.3 Å². The number of halogens is 3. The predicted molar refractivity (Wildman–Crippen MR) is 66.1 cm³/mol. The molecular formula is C14H17F3O2. The van der Waals surface area contributed by atoms with E-state index in [1.807, 2.05) is 13.8 Å². The predicted octanol–water partition coefficient (Wildman–Crippen LogP) is 4.18. The first-order valence-electron chi connectivity index (χ1n) is 6.04. The Balaban J connectivity index is 3.10. The van der Waals surface area contributed by atoms with Crippen molar-refractivity contribution in [2.75, 3.05) is 0 Å². The summed E-state index contributed by atoms with van der Waals surface area (Å²) in [6.07, 6.45) is -4.53. The van der Waals surface area contributed by atoms with Crippen molar-refractivity contribution in [3.05, 3.63) is 35.4 Å². The first kappa shape index (κ1) is 15.5. The van der Waals surface area contributed by atoms with Gasteiger partial charge in [0.15, 0.2) is 0 Å². The summed E-state index contributed by atoms with van der Waals surface area (Å²) in [7, 11) is 0. The van der Waals surface area contributed by atoms with Gasteiger partial charge in [-0.05, 0) is 17.0 Å². The van der Waals surface area contributed by atoms with Gasteiger partial charge in [0.2, 0.25) is 0 Å². The number of carboxylic acids is 1. The Morgan fingerprint density at radius 3 is 1.79 bits per heavy atom. The molecule has 0 amide bonds. The van der Waals surface area contributed by atoms with E-state index in [1.54, 1.807) is 12.1 Å². The van der Waals surface area contributed by atoms with Crippen LogP contribution in [0.5, 0.6) is 0 Å². The SMILES string of the molecule is CC(C)c1ccc([C@@H](C(=O)O)[C@@H](C)C(F)(F)F)cc1. The number of hydrogen-bond acceptors (Lipinski definition) is 1. The van der Waals surface area contributed by atoms with Crippen LogP contribution in [0.4, 0.5) is 13.2 Å². The number of alkyl halides is 3. The second-order valence-electron chi connectivity index (χ2n) is 4.97. The zero-order valence-electron chi connectivity index (χ0n) is 11.0. The smallest absolute Gasteiger partial charge is 0.392 e. The minimum atomic E-state index is -4.53. The van der Waals surface area contributed by atoms with Crippen molar-refractivity contribution in [3.8, 4) is 0 Å². The van der Waals surface area contributed by atoms with Crippen LogP contribution in [0.25, 0.3) is 0 Å². The van der Waals surface area contributed by atoms with Crippen LogP contribution < -0.4 is 0 Å². The maximum atomic E-state index is 12.7. The Morgan fingerprint density at radius 1 is 1.05 bits per heavy atom. The van der Waals surface area contributed by atoms with Crippen LogP contribution in [0.2, 0.25) is 0 Å². The first-order chi connectivity index (χ1) is 8.64. The standard InChI is InChI=1S/C14H17F3O2/c1-8(2)10-4-6-11(7-5-10)12(13(18)19)9(3)14(15,16)17/h4-9,12H,1-3H3,(H,18,19)/t9-,12+/m1/s1. The molecule has 1 aromatic carbocycles. The van der Waals surface area contributed by atoms with E-state index in [2.05, 4.69) is 0 Å². The fourth-order valence-corrected chi connectivity index (χ4v) is 1.92. The molecule has 1 aromatic rings. The average Bonchev–Trinajstić information content (AvgIpc) is 2.28. The summed E-state index contributed by atoms with van der Waals surface area (Å²) < 4.78 is 38.1. The summed E-state index contributed by atoms with van der Waals surface area (Å²) in [6.45, 7) is 4.82. The third-order valence-electron chi connectivity index (χ3n) is 3.24. The third-order valence-corrected chi connectivity index (χ3v) is 3.24. The number of carbonyl (C=O) groups is 1. The van der Waals surface area contributed by atoms with Crippen molar-refractivity contribution in [1.82, 2.24) is 0 Å². The highest BCUT2D eigenvalue weighted by atomic mass is 19.4. The molecule has 0 aliphatic heterocycles. The molecule has 0 aliphatic rings. The molecule has 19 heavy (non-hydrogen) atoms. The Kier molecular flexibility index (Phi) is 4.61. The van der Waals surface area contributed by atoms with Gasteiger partial charge in [0.25, 0.3) is 0 Å². The molecule has 0 saturated carbocycles. The van der Waals surface area contributed by atoms with Crippen molar-refractivity contribution >= 4 is 5.97 Å². The van der Waals surface area contributed by atoms with Crippen LogP contribution in [0.15, 0.2) is 24.3 Å². The summed E-state index contributed by atoms with van der Waals surface area (Å²) in [5, 5.41) is 9.04. The quantitative estimate of drug-likeness (QED) is 0.894. The molecule has 0 spiro atoms. The molecule has 0 aromatic heterocycles. The molecule has 0 aliphatic carbocycles. The molecule has 0 fully saturated rings. The van der Waals surface area contributed by atoms with Crippen LogP contribution in [0, 0.1) is 5.92 Å². The van der Waals surface area contributed by atoms with E-state index in [0.29, 0.717) is 0 Å². The Labute approximate surface area is 110 Å². The van der Waals surface area contributed by atoms with Gasteiger partial charge in [-0.2, -0.15) is 13.2 Å². The Morgan fingerprint density at radius 2 is 1.47 bits per heavy atom. The first-order valence-corrected chi connectivity index (χ1v) is 6.04. The molecule has 0 heterocycles. The lowest BCUT2D eigenvalue weighted by molar-refractivity contribution is -0.183. The van der Waals surface area contributed by atoms with Gasteiger partial charge in [-0.1, -0.05) is 45.0 Å². The van der Waals surface area contributed by atoms with E-state index >= 15 is 0 Å². The van der Waals surface area contributed by atoms with Crippen molar-refractivity contribution < 1.29 is 23.1 Å². The van der Waals surface area contributed by atoms with E-state index < -0.39 is 24.0 Å². The average molecular weight is 274 g/mol. The topological polar surface area (TPSA) is 37.3 Å². The second-order valence-corrected chi connectivity index (χ2v) is 4.97. The number of rotatable bonds is 4. The third kappa shape index (κ3) is 3.72. The lowest BCUT2D eigenvalue weighted by Gasteiger charge is -2.23. The van der Waals surface area contributed by atoms with E-state index in [-0.39, 0.29) is 11.5 Å². The van der Waals surface area contributed by atoms with Gasteiger partial charge in [-0.25, -0.2) is 0 Å². The highest BCUT2D eigenvalue weighted by Gasteiger charge is 2.44. The molecule has 2 atom stereocenters. The summed E-state index contributed by atoms with van der Waals surface area (Å²) in [4.78, 5) is 11.1. The van der Waals surface area contributed by atoms with Gasteiger partial charge < -0.3 is 5.11 Å². The molecule has 0 bridgehead atoms. The lowest BCUT2D eigenvalue weighted by atomic mass is 9.86. The van der Waals surface area contributed by atoms with E-state index in [9.17, 15) is 18.0 Å². The van der Waals surface area contributed by atoms with Crippen LogP contribution in [0.3, 0.4) is 0 Å². The van der Waals surface area contributed by atoms with Gasteiger partial charge in [-0.3, -0.25) is 4.79 Å². The summed E-state index contributed by atoms with van der Waals surface area (Å²) >= 11 is 0. The normalized spacial score (nSPS) is 15.3. The second kappa shape index (κ2) is 5.63. The van der Waals surface area contributed by atoms with Crippen molar-refractivity contribution in [3.63, 3.8) is 0 Å². The molecule has 106 valence electrons. The minimum absolute atomic E-state index is 0.182. The van der Waals surface area contributed by atoms with Crippen LogP contribution in [0.1, 0.15) is 43.7 Å². The number of carboxylic acid groups (broad SMARTS) is 1. The molecule has 0 saturated heterocycles. The fourth-order valence-electron chi connectivity index (χ4n) is 1.92. The highest BCUT2D eigenvalue weighted by Crippen LogP contribution is 2.37. The van der Waals surface area contributed by atoms with Gasteiger partial charge >= 0.3 is 12.1 Å². The molecular weight excluding hydrogens is 257 g/mol. The monoisotopic (exact) mass is 274 g/mol. The van der Waals surface area contributed by atoms with Crippen LogP contribution in [-0.2, 0) is 4.79 Å². The number of aliphatic carboxylic acids is 1. The summed E-state index contributed by atoms with van der Waals surface area (Å²) in [5.74, 6) is -4.70. The number of benzene rings is 1. The number of hydrogen-bond donors (Lipinski definition) is 1. The van der Waals surface area contributed by atoms with Gasteiger partial charge in [-0.15, -0.1) is 0 Å². The molecule has 0 unspecified atom stereocenters. The van der Waals surface area contributed by atoms with Crippen molar-refractivity contribution in [2.24, 2.45) is 5.92 Å². The van der Waals surface area contributed by atoms with Crippen molar-refractivity contribution in [1.29, 1.82) is 0 Å². The highest BCUT2D eigenvalue weighted by molar-refractivity contribution is 5.76. The van der Waals surface area contributed by atoms with Crippen LogP contribution >= 0.6 is 0 Å².